The van der Waals surface area contributed by atoms with Gasteiger partial charge in [0.2, 0.25) is 0 Å². The third-order valence-corrected chi connectivity index (χ3v) is 6.26. The molecule has 0 saturated carbocycles. The van der Waals surface area contributed by atoms with E-state index in [1.807, 2.05) is 0 Å². The monoisotopic (exact) mass is 475 g/mol. The highest BCUT2D eigenvalue weighted by Crippen LogP contribution is 2.53. The molecule has 11 nitrogen and oxygen atoms in total. The zero-order valence-corrected chi connectivity index (χ0v) is 19.4. The van der Waals surface area contributed by atoms with Crippen molar-refractivity contribution in [2.45, 2.75) is 33.9 Å². The molecule has 0 radical (unpaired) electrons. The van der Waals surface area contributed by atoms with Crippen LogP contribution in [0.25, 0.3) is 0 Å². The fourth-order valence-corrected chi connectivity index (χ4v) is 4.49. The number of halogens is 1. The molecule has 0 spiro atoms. The van der Waals surface area contributed by atoms with Gasteiger partial charge >= 0.3 is 14.5 Å². The van der Waals surface area contributed by atoms with Crippen LogP contribution in [0.15, 0.2) is 33.7 Å². The molecule has 0 fully saturated rings. The first kappa shape index (κ1) is 27.8. The van der Waals surface area contributed by atoms with Gasteiger partial charge in [0.05, 0.1) is 38.3 Å². The molecule has 2 rings (SSSR count). The number of hydrogen-bond acceptors (Lipinski definition) is 11. The topological polar surface area (TPSA) is 149 Å². The number of anilines is 1. The third kappa shape index (κ3) is 14.4. The van der Waals surface area contributed by atoms with Gasteiger partial charge in [-0.3, -0.25) is 13.6 Å². The number of hydrogen-bond donors (Lipinski definition) is 1. The molecule has 29 heavy (non-hydrogen) atoms. The van der Waals surface area contributed by atoms with Crippen molar-refractivity contribution < 1.29 is 36.3 Å². The predicted octanol–water partition coefficient (Wildman–Crippen LogP) is 5.10. The van der Waals surface area contributed by atoms with Gasteiger partial charge in [0.15, 0.2) is 5.82 Å². The number of nitrogens with zero attached hydrogens (tertiary/aromatic N) is 2. The highest BCUT2D eigenvalue weighted by Gasteiger charge is 2.25. The second-order valence-corrected chi connectivity index (χ2v) is 9.46. The molecular formula is C15H28ClN3O8P2. The zero-order chi connectivity index (χ0) is 22.2. The molecule has 2 aromatic rings. The van der Waals surface area contributed by atoms with Crippen molar-refractivity contribution >= 4 is 31.6 Å². The first-order valence-corrected chi connectivity index (χ1v) is 12.9. The molecule has 0 saturated heterocycles. The molecule has 0 unspecified atom stereocenters. The van der Waals surface area contributed by atoms with Crippen LogP contribution in [-0.2, 0) is 33.4 Å². The fraction of sp³-hybridized carbons (Fsp3) is 0.600. The van der Waals surface area contributed by atoms with Crippen LogP contribution in [0.3, 0.4) is 0 Å². The van der Waals surface area contributed by atoms with Gasteiger partial charge in [-0.1, -0.05) is 10.3 Å². The minimum Gasteiger partial charge on any atom is -0.381 e. The number of nitrogens with two attached hydrogens (primary N) is 1. The van der Waals surface area contributed by atoms with Crippen molar-refractivity contribution in [3.8, 4) is 0 Å². The first-order valence-electron chi connectivity index (χ1n) is 8.73. The molecule has 0 atom stereocenters. The largest absolute Gasteiger partial charge is 0.424 e. The van der Waals surface area contributed by atoms with Crippen molar-refractivity contribution in [1.29, 1.82) is 0 Å². The van der Waals surface area contributed by atoms with Crippen molar-refractivity contribution in [2.75, 3.05) is 32.2 Å². The highest BCUT2D eigenvalue weighted by molar-refractivity contribution is 7.81. The third-order valence-electron chi connectivity index (χ3n) is 2.52. The lowest BCUT2D eigenvalue weighted by atomic mass is 10.5. The Labute approximate surface area is 175 Å². The summed E-state index contributed by atoms with van der Waals surface area (Å²) < 4.78 is 51.0. The molecule has 0 aliphatic rings. The summed E-state index contributed by atoms with van der Waals surface area (Å²) in [5.74, 6) is 0.426. The van der Waals surface area contributed by atoms with E-state index in [0.29, 0.717) is 37.9 Å². The van der Waals surface area contributed by atoms with Crippen LogP contribution in [-0.4, -0.2) is 36.7 Å². The summed E-state index contributed by atoms with van der Waals surface area (Å²) in [4.78, 5) is 0. The van der Waals surface area contributed by atoms with Crippen molar-refractivity contribution in [1.82, 2.24) is 10.3 Å². The van der Waals surface area contributed by atoms with E-state index in [0.717, 1.165) is 0 Å². The van der Waals surface area contributed by atoms with Crippen molar-refractivity contribution in [2.24, 2.45) is 0 Å². The van der Waals surface area contributed by atoms with Gasteiger partial charge in [0.25, 0.3) is 0 Å². The van der Waals surface area contributed by atoms with Gasteiger partial charge < -0.3 is 23.8 Å². The minimum absolute atomic E-state index is 0.158. The molecule has 0 bridgehead atoms. The van der Waals surface area contributed by atoms with Gasteiger partial charge in [0.1, 0.15) is 12.5 Å². The summed E-state index contributed by atoms with van der Waals surface area (Å²) in [7, 11) is -3.03. The van der Waals surface area contributed by atoms with E-state index in [1.165, 1.54) is 12.5 Å². The molecule has 2 N–H and O–H groups in total. The van der Waals surface area contributed by atoms with Gasteiger partial charge in [-0.15, -0.1) is 0 Å². The maximum Gasteiger partial charge on any atom is 0.424 e. The Bertz CT molecular complexity index is 695. The van der Waals surface area contributed by atoms with E-state index in [4.69, 9.17) is 26.0 Å². The molecule has 0 aliphatic carbocycles. The summed E-state index contributed by atoms with van der Waals surface area (Å²) >= 11 is 5.25. The van der Waals surface area contributed by atoms with Gasteiger partial charge in [-0.25, -0.2) is 4.57 Å². The Hall–Kier alpha value is -1.19. The standard InChI is InChI=1S/C8H14NO4P.C4H10ClO3P.C3H4N2O/c1-3-12-14(10,13-4-2)7-8-5-6-11-9-8;1-3-7-9(5,6)8-4-2;4-3-1-2-6-5-3/h5-6H,3-4,7H2,1-2H3;3-4H2,1-2H3;1-2H,(H2,4,5). The van der Waals surface area contributed by atoms with Crippen LogP contribution in [0.1, 0.15) is 33.4 Å². The number of rotatable bonds is 10. The molecule has 0 aliphatic heterocycles. The fourth-order valence-electron chi connectivity index (χ4n) is 1.61. The van der Waals surface area contributed by atoms with Gasteiger partial charge in [-0.2, -0.15) is 0 Å². The zero-order valence-electron chi connectivity index (χ0n) is 16.9. The van der Waals surface area contributed by atoms with Crippen LogP contribution in [0.2, 0.25) is 0 Å². The molecule has 168 valence electrons. The highest BCUT2D eigenvalue weighted by atomic mass is 35.7. The quantitative estimate of drug-likeness (QED) is 0.457. The Balaban J connectivity index is 0.000000446. The van der Waals surface area contributed by atoms with Crippen LogP contribution >= 0.6 is 25.8 Å². The lowest BCUT2D eigenvalue weighted by Gasteiger charge is -2.15. The maximum absolute atomic E-state index is 12.0. The normalized spacial score (nSPS) is 11.2. The van der Waals surface area contributed by atoms with Crippen LogP contribution in [0.4, 0.5) is 5.82 Å². The van der Waals surface area contributed by atoms with Gasteiger partial charge in [0, 0.05) is 23.4 Å². The summed E-state index contributed by atoms with van der Waals surface area (Å²) in [5, 5.41) is 6.98. The summed E-state index contributed by atoms with van der Waals surface area (Å²) in [6.45, 7) is 5.05. The lowest BCUT2D eigenvalue weighted by Crippen LogP contribution is -1.99. The van der Waals surface area contributed by atoms with E-state index >= 15 is 0 Å². The molecule has 0 aromatic carbocycles. The van der Waals surface area contributed by atoms with Crippen LogP contribution < -0.4 is 5.73 Å². The Morgan fingerprint density at radius 1 is 0.897 bits per heavy atom. The molecular weight excluding hydrogens is 448 g/mol. The van der Waals surface area contributed by atoms with E-state index < -0.39 is 14.5 Å². The van der Waals surface area contributed by atoms with Crippen molar-refractivity contribution in [3.63, 3.8) is 0 Å². The molecule has 14 heteroatoms. The van der Waals surface area contributed by atoms with Gasteiger partial charge in [-0.05, 0) is 27.7 Å². The van der Waals surface area contributed by atoms with E-state index in [2.05, 4.69) is 28.4 Å². The Morgan fingerprint density at radius 3 is 1.69 bits per heavy atom. The lowest BCUT2D eigenvalue weighted by molar-refractivity contribution is 0.218. The average molecular weight is 476 g/mol. The second kappa shape index (κ2) is 15.6. The SMILES string of the molecule is CCOP(=O)(Cc1ccon1)OCC.CCOP(=O)(Cl)OCC.Nc1ccon1. The summed E-state index contributed by atoms with van der Waals surface area (Å²) in [6, 6.07) is 3.23. The van der Waals surface area contributed by atoms with Crippen molar-refractivity contribution in [3.05, 3.63) is 30.4 Å². The smallest absolute Gasteiger partial charge is 0.381 e. The molecule has 0 amide bonds. The average Bonchev–Trinajstić information content (AvgIpc) is 3.30. The molecule has 2 aromatic heterocycles. The number of aromatic nitrogens is 2. The first-order chi connectivity index (χ1) is 13.7. The molecule has 2 heterocycles. The minimum atomic E-state index is -3.22. The van der Waals surface area contributed by atoms with Crippen LogP contribution in [0, 0.1) is 0 Å². The second-order valence-electron chi connectivity index (χ2n) is 4.79. The predicted molar refractivity (Wildman–Crippen MR) is 109 cm³/mol. The van der Waals surface area contributed by atoms with Crippen LogP contribution in [0.5, 0.6) is 0 Å². The van der Waals surface area contributed by atoms with E-state index in [1.54, 1.807) is 39.8 Å². The maximum atomic E-state index is 12.0. The summed E-state index contributed by atoms with van der Waals surface area (Å²) in [5.41, 5.74) is 5.65. The summed E-state index contributed by atoms with van der Waals surface area (Å²) in [6.07, 6.45) is 3.01. The van der Waals surface area contributed by atoms with E-state index in [9.17, 15) is 9.13 Å². The Morgan fingerprint density at radius 2 is 1.38 bits per heavy atom. The van der Waals surface area contributed by atoms with E-state index in [-0.39, 0.29) is 6.16 Å². The number of nitrogen functional groups attached to an aromatic ring is 1. The Kier molecular flexibility index (Phi) is 15.0.